The number of nitrogens with zero attached hydrogens (tertiary/aromatic N) is 1. The molecule has 0 atom stereocenters. The monoisotopic (exact) mass is 320 g/mol. The minimum Gasteiger partial charge on any atom is -0.545 e. The molecule has 1 heterocycles. The van der Waals surface area contributed by atoms with Gasteiger partial charge in [-0.2, -0.15) is 5.26 Å². The molecule has 0 amide bonds. The number of aromatic carboxylic acids is 1. The van der Waals surface area contributed by atoms with Gasteiger partial charge in [0.15, 0.2) is 0 Å². The molecule has 0 bridgehead atoms. The molecule has 5 nitrogen and oxygen atoms in total. The third-order valence-electron chi connectivity index (χ3n) is 3.89. The molecular formula is C19H14NO4-. The number of hydrogen-bond acceptors (Lipinski definition) is 5. The van der Waals surface area contributed by atoms with E-state index in [4.69, 9.17) is 14.4 Å². The SMILES string of the molecule is COc1ccc(CCc2oc3ccc(C#N)cc3c2C(=O)[O-])cc1. The first kappa shape index (κ1) is 15.6. The van der Waals surface area contributed by atoms with Crippen molar-refractivity contribution in [3.63, 3.8) is 0 Å². The average Bonchev–Trinajstić information content (AvgIpc) is 2.97. The van der Waals surface area contributed by atoms with Crippen LogP contribution in [0.2, 0.25) is 0 Å². The molecule has 5 heteroatoms. The van der Waals surface area contributed by atoms with E-state index < -0.39 is 5.97 Å². The van der Waals surface area contributed by atoms with E-state index in [0.29, 0.717) is 35.1 Å². The second-order valence-corrected chi connectivity index (χ2v) is 5.36. The molecule has 3 rings (SSSR count). The van der Waals surface area contributed by atoms with Crippen molar-refractivity contribution in [3.8, 4) is 11.8 Å². The first-order valence-electron chi connectivity index (χ1n) is 7.42. The minimum atomic E-state index is -1.30. The lowest BCUT2D eigenvalue weighted by molar-refractivity contribution is -0.254. The summed E-state index contributed by atoms with van der Waals surface area (Å²) < 4.78 is 10.8. The van der Waals surface area contributed by atoms with Crippen LogP contribution < -0.4 is 9.84 Å². The molecule has 1 aromatic heterocycles. The van der Waals surface area contributed by atoms with E-state index in [0.717, 1.165) is 11.3 Å². The van der Waals surface area contributed by atoms with Crippen molar-refractivity contribution in [1.29, 1.82) is 5.26 Å². The van der Waals surface area contributed by atoms with E-state index in [1.165, 1.54) is 6.07 Å². The predicted octanol–water partition coefficient (Wildman–Crippen LogP) is 2.46. The van der Waals surface area contributed by atoms with Gasteiger partial charge in [0.2, 0.25) is 0 Å². The average molecular weight is 320 g/mol. The van der Waals surface area contributed by atoms with E-state index in [9.17, 15) is 9.90 Å². The number of rotatable bonds is 5. The number of carboxylic acids is 1. The highest BCUT2D eigenvalue weighted by Crippen LogP contribution is 2.28. The fourth-order valence-electron chi connectivity index (χ4n) is 2.67. The lowest BCUT2D eigenvalue weighted by Gasteiger charge is -2.05. The van der Waals surface area contributed by atoms with Crippen molar-refractivity contribution in [2.45, 2.75) is 12.8 Å². The smallest absolute Gasteiger partial charge is 0.135 e. The number of methoxy groups -OCH3 is 1. The number of aryl methyl sites for hydroxylation is 2. The van der Waals surface area contributed by atoms with Gasteiger partial charge in [0.25, 0.3) is 0 Å². The van der Waals surface area contributed by atoms with Crippen LogP contribution in [-0.2, 0) is 12.8 Å². The van der Waals surface area contributed by atoms with Gasteiger partial charge in [-0.25, -0.2) is 0 Å². The molecule has 0 unspecified atom stereocenters. The van der Waals surface area contributed by atoms with Crippen molar-refractivity contribution < 1.29 is 19.1 Å². The lowest BCUT2D eigenvalue weighted by Crippen LogP contribution is -2.23. The van der Waals surface area contributed by atoms with Gasteiger partial charge in [0, 0.05) is 17.4 Å². The Hall–Kier alpha value is -3.26. The normalized spacial score (nSPS) is 10.5. The highest BCUT2D eigenvalue weighted by Gasteiger charge is 2.15. The fraction of sp³-hybridized carbons (Fsp3) is 0.158. The highest BCUT2D eigenvalue weighted by atomic mass is 16.5. The molecular weight excluding hydrogens is 306 g/mol. The number of hydrogen-bond donors (Lipinski definition) is 0. The van der Waals surface area contributed by atoms with Gasteiger partial charge in [0.05, 0.1) is 24.7 Å². The largest absolute Gasteiger partial charge is 0.545 e. The Morgan fingerprint density at radius 1 is 1.21 bits per heavy atom. The first-order valence-corrected chi connectivity index (χ1v) is 7.42. The molecule has 0 aliphatic carbocycles. The van der Waals surface area contributed by atoms with Gasteiger partial charge in [-0.15, -0.1) is 0 Å². The van der Waals surface area contributed by atoms with Crippen molar-refractivity contribution in [2.75, 3.05) is 7.11 Å². The van der Waals surface area contributed by atoms with Crippen LogP contribution in [0.1, 0.15) is 27.2 Å². The number of ether oxygens (including phenoxy) is 1. The Kier molecular flexibility index (Phi) is 4.21. The Morgan fingerprint density at radius 3 is 2.58 bits per heavy atom. The topological polar surface area (TPSA) is 86.3 Å². The van der Waals surface area contributed by atoms with Crippen LogP contribution >= 0.6 is 0 Å². The quantitative estimate of drug-likeness (QED) is 0.721. The molecule has 0 N–H and O–H groups in total. The number of benzene rings is 2. The molecule has 0 saturated carbocycles. The van der Waals surface area contributed by atoms with Crippen LogP contribution in [-0.4, -0.2) is 13.1 Å². The van der Waals surface area contributed by atoms with Gasteiger partial charge in [-0.1, -0.05) is 12.1 Å². The Bertz CT molecular complexity index is 932. The van der Waals surface area contributed by atoms with E-state index in [1.807, 2.05) is 30.3 Å². The third-order valence-corrected chi connectivity index (χ3v) is 3.89. The number of furan rings is 1. The van der Waals surface area contributed by atoms with E-state index in [-0.39, 0.29) is 5.56 Å². The number of fused-ring (bicyclic) bond motifs is 1. The predicted molar refractivity (Wildman–Crippen MR) is 85.7 cm³/mol. The Balaban J connectivity index is 1.92. The van der Waals surface area contributed by atoms with Crippen molar-refractivity contribution in [1.82, 2.24) is 0 Å². The van der Waals surface area contributed by atoms with Crippen molar-refractivity contribution in [3.05, 3.63) is 64.9 Å². The summed E-state index contributed by atoms with van der Waals surface area (Å²) in [5.41, 5.74) is 1.89. The van der Waals surface area contributed by atoms with Crippen LogP contribution in [0, 0.1) is 11.3 Å². The molecule has 0 fully saturated rings. The van der Waals surface area contributed by atoms with Gasteiger partial charge in [-0.3, -0.25) is 0 Å². The molecule has 3 aromatic rings. The fourth-order valence-corrected chi connectivity index (χ4v) is 2.67. The van der Waals surface area contributed by atoms with E-state index >= 15 is 0 Å². The summed E-state index contributed by atoms with van der Waals surface area (Å²) in [5.74, 6) is -0.175. The van der Waals surface area contributed by atoms with Crippen LogP contribution in [0.5, 0.6) is 5.75 Å². The second kappa shape index (κ2) is 6.47. The summed E-state index contributed by atoms with van der Waals surface area (Å²) >= 11 is 0. The summed E-state index contributed by atoms with van der Waals surface area (Å²) in [6, 6.07) is 14.3. The molecule has 0 saturated heterocycles. The van der Waals surface area contributed by atoms with E-state index in [1.54, 1.807) is 19.2 Å². The maximum Gasteiger partial charge on any atom is 0.135 e. The Morgan fingerprint density at radius 2 is 1.96 bits per heavy atom. The minimum absolute atomic E-state index is 0.0237. The zero-order chi connectivity index (χ0) is 17.1. The molecule has 2 aromatic carbocycles. The van der Waals surface area contributed by atoms with Gasteiger partial charge >= 0.3 is 0 Å². The number of carbonyl (C=O) groups is 1. The molecule has 0 aliphatic heterocycles. The number of carboxylic acid groups (broad SMARTS) is 1. The van der Waals surface area contributed by atoms with Gasteiger partial charge in [-0.05, 0) is 42.3 Å². The zero-order valence-corrected chi connectivity index (χ0v) is 13.0. The van der Waals surface area contributed by atoms with E-state index in [2.05, 4.69) is 0 Å². The summed E-state index contributed by atoms with van der Waals surface area (Å²) in [4.78, 5) is 11.5. The Labute approximate surface area is 138 Å². The molecule has 24 heavy (non-hydrogen) atoms. The molecule has 0 spiro atoms. The number of carbonyl (C=O) groups excluding carboxylic acids is 1. The molecule has 0 radical (unpaired) electrons. The maximum atomic E-state index is 11.5. The first-order chi connectivity index (χ1) is 11.6. The lowest BCUT2D eigenvalue weighted by atomic mass is 10.0. The van der Waals surface area contributed by atoms with Crippen LogP contribution in [0.15, 0.2) is 46.9 Å². The highest BCUT2D eigenvalue weighted by molar-refractivity contribution is 6.03. The second-order valence-electron chi connectivity index (χ2n) is 5.36. The summed E-state index contributed by atoms with van der Waals surface area (Å²) in [6.07, 6.45) is 1.04. The van der Waals surface area contributed by atoms with Crippen molar-refractivity contribution >= 4 is 16.9 Å². The van der Waals surface area contributed by atoms with Crippen molar-refractivity contribution in [2.24, 2.45) is 0 Å². The standard InChI is InChI=1S/C19H15NO4/c1-23-14-6-2-12(3-7-14)4-9-17-18(19(21)22)15-10-13(11-20)5-8-16(15)24-17/h2-3,5-8,10H,4,9H2,1H3,(H,21,22)/p-1. The molecule has 120 valence electrons. The summed E-state index contributed by atoms with van der Waals surface area (Å²) in [7, 11) is 1.60. The zero-order valence-electron chi connectivity index (χ0n) is 13.0. The third kappa shape index (κ3) is 2.95. The molecule has 0 aliphatic rings. The van der Waals surface area contributed by atoms with Gasteiger partial charge < -0.3 is 19.1 Å². The maximum absolute atomic E-state index is 11.5. The van der Waals surface area contributed by atoms with Crippen LogP contribution in [0.3, 0.4) is 0 Å². The van der Waals surface area contributed by atoms with Crippen LogP contribution in [0.4, 0.5) is 0 Å². The number of nitriles is 1. The summed E-state index contributed by atoms with van der Waals surface area (Å²) in [5, 5.41) is 20.9. The summed E-state index contributed by atoms with van der Waals surface area (Å²) in [6.45, 7) is 0. The van der Waals surface area contributed by atoms with Crippen LogP contribution in [0.25, 0.3) is 11.0 Å². The van der Waals surface area contributed by atoms with Gasteiger partial charge in [0.1, 0.15) is 17.1 Å².